The first-order chi connectivity index (χ1) is 11.3. The molecule has 0 bridgehead atoms. The molecular weight excluding hydrogens is 356 g/mol. The third-order valence-electron chi connectivity index (χ3n) is 3.47. The lowest BCUT2D eigenvalue weighted by Crippen LogP contribution is -2.43. The number of nitrogens with one attached hydrogen (secondary N) is 1. The molecule has 0 unspecified atom stereocenters. The molecule has 0 atom stereocenters. The van der Waals surface area contributed by atoms with E-state index >= 15 is 0 Å². The van der Waals surface area contributed by atoms with E-state index in [1.165, 1.54) is 5.69 Å². The fourth-order valence-corrected chi connectivity index (χ4v) is 2.54. The summed E-state index contributed by atoms with van der Waals surface area (Å²) in [5.41, 5.74) is 2.33. The first-order valence-electron chi connectivity index (χ1n) is 7.60. The van der Waals surface area contributed by atoms with E-state index in [2.05, 4.69) is 55.1 Å². The van der Waals surface area contributed by atoms with Crippen molar-refractivity contribution in [1.29, 1.82) is 0 Å². The Labute approximate surface area is 145 Å². The van der Waals surface area contributed by atoms with Crippen LogP contribution in [0.15, 0.2) is 59.1 Å². The van der Waals surface area contributed by atoms with Crippen LogP contribution in [0.2, 0.25) is 0 Å². The standard InChI is InChI=1S/C10H13BrN2.C8H8O2/c11-9-1-3-10(4-2-9)13-7-5-12-6-8-13;9-7-10-6-8-4-2-1-3-5-8/h1-4,12H,5-8H2;1-5,7H,6H2. The molecule has 1 fully saturated rings. The molecule has 5 heteroatoms. The van der Waals surface area contributed by atoms with Gasteiger partial charge in [-0.05, 0) is 29.8 Å². The largest absolute Gasteiger partial charge is 0.463 e. The van der Waals surface area contributed by atoms with Gasteiger partial charge in [0, 0.05) is 36.3 Å². The van der Waals surface area contributed by atoms with Crippen molar-refractivity contribution in [2.45, 2.75) is 6.61 Å². The van der Waals surface area contributed by atoms with Gasteiger partial charge < -0.3 is 15.0 Å². The number of carbonyl (C=O) groups is 1. The number of benzene rings is 2. The van der Waals surface area contributed by atoms with Gasteiger partial charge in [-0.2, -0.15) is 0 Å². The fourth-order valence-electron chi connectivity index (χ4n) is 2.28. The van der Waals surface area contributed by atoms with Crippen molar-refractivity contribution in [3.8, 4) is 0 Å². The first-order valence-corrected chi connectivity index (χ1v) is 8.39. The molecule has 0 radical (unpaired) electrons. The van der Waals surface area contributed by atoms with Crippen LogP contribution in [-0.2, 0) is 16.1 Å². The molecule has 2 aromatic rings. The van der Waals surface area contributed by atoms with E-state index in [9.17, 15) is 4.79 Å². The summed E-state index contributed by atoms with van der Waals surface area (Å²) in [6, 6.07) is 18.1. The predicted molar refractivity (Wildman–Crippen MR) is 96.5 cm³/mol. The minimum atomic E-state index is 0.365. The Balaban J connectivity index is 0.000000174. The van der Waals surface area contributed by atoms with Crippen LogP contribution < -0.4 is 10.2 Å². The van der Waals surface area contributed by atoms with Crippen molar-refractivity contribution < 1.29 is 9.53 Å². The van der Waals surface area contributed by atoms with Crippen LogP contribution in [-0.4, -0.2) is 32.7 Å². The zero-order chi connectivity index (χ0) is 16.3. The second-order valence-corrected chi connectivity index (χ2v) is 6.02. The number of hydrogen-bond acceptors (Lipinski definition) is 4. The number of nitrogens with zero attached hydrogens (tertiary/aromatic N) is 1. The Hall–Kier alpha value is -1.85. The maximum absolute atomic E-state index is 9.76. The SMILES string of the molecule is Brc1ccc(N2CCNCC2)cc1.O=COCc1ccccc1. The Morgan fingerprint density at radius 3 is 2.30 bits per heavy atom. The van der Waals surface area contributed by atoms with Crippen molar-refractivity contribution in [3.05, 3.63) is 64.6 Å². The van der Waals surface area contributed by atoms with Crippen LogP contribution in [0.25, 0.3) is 0 Å². The van der Waals surface area contributed by atoms with Gasteiger partial charge >= 0.3 is 0 Å². The van der Waals surface area contributed by atoms with Gasteiger partial charge in [0.25, 0.3) is 6.47 Å². The smallest absolute Gasteiger partial charge is 0.293 e. The molecule has 1 N–H and O–H groups in total. The van der Waals surface area contributed by atoms with Gasteiger partial charge in [-0.1, -0.05) is 46.3 Å². The van der Waals surface area contributed by atoms with Gasteiger partial charge in [0.15, 0.2) is 0 Å². The second-order valence-electron chi connectivity index (χ2n) is 5.11. The summed E-state index contributed by atoms with van der Waals surface area (Å²) in [6.45, 7) is 5.23. The topological polar surface area (TPSA) is 41.6 Å². The minimum absolute atomic E-state index is 0.365. The van der Waals surface area contributed by atoms with E-state index in [0.717, 1.165) is 36.2 Å². The van der Waals surface area contributed by atoms with Crippen molar-refractivity contribution in [2.24, 2.45) is 0 Å². The number of carbonyl (C=O) groups excluding carboxylic acids is 1. The van der Waals surface area contributed by atoms with E-state index in [1.54, 1.807) is 0 Å². The summed E-state index contributed by atoms with van der Waals surface area (Å²) >= 11 is 3.44. The van der Waals surface area contributed by atoms with Crippen LogP contribution in [0.4, 0.5) is 5.69 Å². The quantitative estimate of drug-likeness (QED) is 0.831. The van der Waals surface area contributed by atoms with Crippen molar-refractivity contribution >= 4 is 28.1 Å². The van der Waals surface area contributed by atoms with Crippen LogP contribution in [0.5, 0.6) is 0 Å². The molecule has 1 aliphatic heterocycles. The van der Waals surface area contributed by atoms with E-state index in [0.29, 0.717) is 13.1 Å². The highest BCUT2D eigenvalue weighted by molar-refractivity contribution is 9.10. The highest BCUT2D eigenvalue weighted by Crippen LogP contribution is 2.18. The Morgan fingerprint density at radius 2 is 1.70 bits per heavy atom. The zero-order valence-electron chi connectivity index (χ0n) is 13.0. The lowest BCUT2D eigenvalue weighted by Gasteiger charge is -2.29. The summed E-state index contributed by atoms with van der Waals surface area (Å²) in [7, 11) is 0. The van der Waals surface area contributed by atoms with E-state index in [-0.39, 0.29) is 0 Å². The van der Waals surface area contributed by atoms with Gasteiger partial charge in [-0.25, -0.2) is 0 Å². The Kier molecular flexibility index (Phi) is 7.63. The van der Waals surface area contributed by atoms with Crippen LogP contribution in [0, 0.1) is 0 Å². The van der Waals surface area contributed by atoms with Gasteiger partial charge in [-0.15, -0.1) is 0 Å². The lowest BCUT2D eigenvalue weighted by atomic mass is 10.2. The third-order valence-corrected chi connectivity index (χ3v) is 4.00. The number of ether oxygens (including phenoxy) is 1. The van der Waals surface area contributed by atoms with Crippen LogP contribution in [0.3, 0.4) is 0 Å². The minimum Gasteiger partial charge on any atom is -0.463 e. The molecule has 23 heavy (non-hydrogen) atoms. The van der Waals surface area contributed by atoms with Crippen molar-refractivity contribution in [2.75, 3.05) is 31.1 Å². The molecule has 0 aromatic heterocycles. The summed E-state index contributed by atoms with van der Waals surface area (Å²) in [5, 5.41) is 3.34. The molecule has 0 saturated carbocycles. The molecule has 3 rings (SSSR count). The fraction of sp³-hybridized carbons (Fsp3) is 0.278. The molecule has 1 saturated heterocycles. The van der Waals surface area contributed by atoms with Gasteiger partial charge in [0.1, 0.15) is 6.61 Å². The summed E-state index contributed by atoms with van der Waals surface area (Å²) in [6.07, 6.45) is 0. The van der Waals surface area contributed by atoms with Crippen molar-refractivity contribution in [3.63, 3.8) is 0 Å². The zero-order valence-corrected chi connectivity index (χ0v) is 14.5. The Bertz CT molecular complexity index is 569. The van der Waals surface area contributed by atoms with Gasteiger partial charge in [0.05, 0.1) is 0 Å². The summed E-state index contributed by atoms with van der Waals surface area (Å²) in [4.78, 5) is 12.2. The number of halogens is 1. The van der Waals surface area contributed by atoms with E-state index < -0.39 is 0 Å². The molecule has 0 aliphatic carbocycles. The molecule has 1 aliphatic rings. The summed E-state index contributed by atoms with van der Waals surface area (Å²) < 4.78 is 5.68. The average Bonchev–Trinajstić information content (AvgIpc) is 2.63. The highest BCUT2D eigenvalue weighted by atomic mass is 79.9. The van der Waals surface area contributed by atoms with Gasteiger partial charge in [0.2, 0.25) is 0 Å². The normalized spacial score (nSPS) is 13.7. The van der Waals surface area contributed by atoms with Crippen molar-refractivity contribution in [1.82, 2.24) is 5.32 Å². The predicted octanol–water partition coefficient (Wildman–Crippen LogP) is 3.22. The lowest BCUT2D eigenvalue weighted by molar-refractivity contribution is -0.129. The molecule has 1 heterocycles. The maximum atomic E-state index is 9.76. The summed E-state index contributed by atoms with van der Waals surface area (Å²) in [5.74, 6) is 0. The van der Waals surface area contributed by atoms with E-state index in [4.69, 9.17) is 0 Å². The number of piperazine rings is 1. The van der Waals surface area contributed by atoms with Crippen LogP contribution in [0.1, 0.15) is 5.56 Å². The molecule has 0 amide bonds. The molecule has 2 aromatic carbocycles. The first kappa shape index (κ1) is 17.5. The van der Waals surface area contributed by atoms with Crippen LogP contribution >= 0.6 is 15.9 Å². The van der Waals surface area contributed by atoms with Gasteiger partial charge in [-0.3, -0.25) is 4.79 Å². The number of rotatable bonds is 4. The monoisotopic (exact) mass is 376 g/mol. The maximum Gasteiger partial charge on any atom is 0.293 e. The number of anilines is 1. The molecule has 122 valence electrons. The number of hydrogen-bond donors (Lipinski definition) is 1. The highest BCUT2D eigenvalue weighted by Gasteiger charge is 2.09. The Morgan fingerprint density at radius 1 is 1.04 bits per heavy atom. The average molecular weight is 377 g/mol. The molecule has 4 nitrogen and oxygen atoms in total. The second kappa shape index (κ2) is 10.0. The third kappa shape index (κ3) is 6.42. The molecule has 0 spiro atoms. The van der Waals surface area contributed by atoms with E-state index in [1.807, 2.05) is 30.3 Å². The molecular formula is C18H21BrN2O2.